The van der Waals surface area contributed by atoms with Gasteiger partial charge in [0.25, 0.3) is 0 Å². The molecule has 8 heteroatoms. The molecule has 0 bridgehead atoms. The van der Waals surface area contributed by atoms with E-state index < -0.39 is 34.7 Å². The molecule has 109 valence electrons. The molecule has 0 saturated carbocycles. The normalized spacial score (nSPS) is 14.3. The van der Waals surface area contributed by atoms with Crippen molar-refractivity contribution in [3.05, 3.63) is 0 Å². The van der Waals surface area contributed by atoms with Gasteiger partial charge in [-0.05, 0) is 59.3 Å². The molecular formula is C10H29O4Si4. The molecule has 0 aromatic heterocycles. The molecule has 4 nitrogen and oxygen atoms in total. The first-order valence-electron chi connectivity index (χ1n) is 6.42. The molecule has 0 spiro atoms. The van der Waals surface area contributed by atoms with E-state index in [1.165, 1.54) is 0 Å². The molecule has 0 aliphatic rings. The summed E-state index contributed by atoms with van der Waals surface area (Å²) in [6, 6.07) is 0. The first kappa shape index (κ1) is 18.7. The number of rotatable bonds is 8. The van der Waals surface area contributed by atoms with Crippen LogP contribution in [-0.4, -0.2) is 41.3 Å². The molecule has 0 N–H and O–H groups in total. The minimum atomic E-state index is -2.16. The Bertz CT molecular complexity index is 253. The Labute approximate surface area is 117 Å². The average Bonchev–Trinajstić information content (AvgIpc) is 1.93. The van der Waals surface area contributed by atoms with Gasteiger partial charge in [0.1, 0.15) is 0 Å². The summed E-state index contributed by atoms with van der Waals surface area (Å²) in [5.41, 5.74) is 0. The maximum atomic E-state index is 6.23. The molecule has 1 radical (unpaired) electrons. The van der Waals surface area contributed by atoms with Gasteiger partial charge in [-0.3, -0.25) is 0 Å². The van der Waals surface area contributed by atoms with Crippen LogP contribution in [0.1, 0.15) is 6.92 Å². The molecule has 0 heterocycles. The summed E-state index contributed by atoms with van der Waals surface area (Å²) in [4.78, 5) is 0. The number of hydrogen-bond acceptors (Lipinski definition) is 4. The Kier molecular flexibility index (Phi) is 7.20. The summed E-state index contributed by atoms with van der Waals surface area (Å²) in [5, 5.41) is 0. The fourth-order valence-corrected chi connectivity index (χ4v) is 17.1. The lowest BCUT2D eigenvalue weighted by molar-refractivity contribution is 0.256. The van der Waals surface area contributed by atoms with E-state index in [0.717, 1.165) is 0 Å². The van der Waals surface area contributed by atoms with Crippen LogP contribution in [0.3, 0.4) is 0 Å². The molecule has 0 amide bonds. The SMILES string of the molecule is CCO[Si](C)O[Si](C)(C)O[Si](C)(C)O[Si](C)(C)C. The molecule has 0 aromatic carbocycles. The van der Waals surface area contributed by atoms with E-state index in [0.29, 0.717) is 6.61 Å². The van der Waals surface area contributed by atoms with E-state index in [1.807, 2.05) is 13.5 Å². The Hall–Kier alpha value is 0.708. The van der Waals surface area contributed by atoms with Crippen molar-refractivity contribution in [1.82, 2.24) is 0 Å². The summed E-state index contributed by atoms with van der Waals surface area (Å²) in [7, 11) is -7.03. The minimum absolute atomic E-state index is 0.696. The van der Waals surface area contributed by atoms with Gasteiger partial charge in [0.15, 0.2) is 8.32 Å². The summed E-state index contributed by atoms with van der Waals surface area (Å²) in [6.07, 6.45) is 0. The highest BCUT2D eigenvalue weighted by Gasteiger charge is 2.40. The Morgan fingerprint density at radius 1 is 0.833 bits per heavy atom. The van der Waals surface area contributed by atoms with E-state index in [4.69, 9.17) is 16.8 Å². The van der Waals surface area contributed by atoms with E-state index in [-0.39, 0.29) is 0 Å². The van der Waals surface area contributed by atoms with E-state index in [2.05, 4.69) is 45.8 Å². The zero-order valence-electron chi connectivity index (χ0n) is 13.3. The lowest BCUT2D eigenvalue weighted by Gasteiger charge is -2.37. The highest BCUT2D eigenvalue weighted by Crippen LogP contribution is 2.21. The fourth-order valence-electron chi connectivity index (χ4n) is 1.95. The molecule has 0 aliphatic heterocycles. The minimum Gasteiger partial charge on any atom is -0.437 e. The lowest BCUT2D eigenvalue weighted by Crippen LogP contribution is -2.54. The van der Waals surface area contributed by atoms with Gasteiger partial charge in [-0.15, -0.1) is 0 Å². The quantitative estimate of drug-likeness (QED) is 0.641. The van der Waals surface area contributed by atoms with Crippen LogP contribution in [0.2, 0.25) is 52.4 Å². The van der Waals surface area contributed by atoms with Gasteiger partial charge in [-0.2, -0.15) is 0 Å². The third-order valence-corrected chi connectivity index (χ3v) is 13.9. The molecular weight excluding hydrogens is 296 g/mol. The molecule has 0 atom stereocenters. The van der Waals surface area contributed by atoms with Gasteiger partial charge in [-0.1, -0.05) is 0 Å². The van der Waals surface area contributed by atoms with Crippen LogP contribution >= 0.6 is 0 Å². The van der Waals surface area contributed by atoms with Crippen LogP contribution < -0.4 is 0 Å². The highest BCUT2D eigenvalue weighted by molar-refractivity contribution is 6.87. The summed E-state index contributed by atoms with van der Waals surface area (Å²) >= 11 is 0. The van der Waals surface area contributed by atoms with Gasteiger partial charge in [0, 0.05) is 6.61 Å². The molecule has 0 aromatic rings. The molecule has 0 aliphatic carbocycles. The van der Waals surface area contributed by atoms with Crippen molar-refractivity contribution in [2.24, 2.45) is 0 Å². The first-order valence-corrected chi connectivity index (χ1v) is 17.3. The molecule has 0 unspecified atom stereocenters. The van der Waals surface area contributed by atoms with E-state index >= 15 is 0 Å². The van der Waals surface area contributed by atoms with Crippen LogP contribution in [0.4, 0.5) is 0 Å². The van der Waals surface area contributed by atoms with Crippen LogP contribution in [0.15, 0.2) is 0 Å². The third kappa shape index (κ3) is 9.61. The molecule has 0 rings (SSSR count). The van der Waals surface area contributed by atoms with Gasteiger partial charge in [0.05, 0.1) is 0 Å². The summed E-state index contributed by atoms with van der Waals surface area (Å²) in [6.45, 7) is 19.6. The standard InChI is InChI=1S/C10H29O4Si4/c1-10-11-15(2)12-17(6,7)14-18(8,9)13-16(3,4)5/h10H2,1-9H3. The topological polar surface area (TPSA) is 36.9 Å². The molecule has 0 fully saturated rings. The van der Waals surface area contributed by atoms with Crippen LogP contribution in [-0.2, 0) is 16.8 Å². The molecule has 0 saturated heterocycles. The summed E-state index contributed by atoms with van der Waals surface area (Å²) < 4.78 is 23.9. The van der Waals surface area contributed by atoms with Crippen molar-refractivity contribution in [1.29, 1.82) is 0 Å². The van der Waals surface area contributed by atoms with Crippen LogP contribution in [0.25, 0.3) is 0 Å². The summed E-state index contributed by atoms with van der Waals surface area (Å²) in [5.74, 6) is 0. The van der Waals surface area contributed by atoms with Gasteiger partial charge >= 0.3 is 26.4 Å². The van der Waals surface area contributed by atoms with Crippen LogP contribution in [0, 0.1) is 0 Å². The predicted molar refractivity (Wildman–Crippen MR) is 84.8 cm³/mol. The third-order valence-electron chi connectivity index (χ3n) is 1.78. The zero-order chi connectivity index (χ0) is 14.6. The van der Waals surface area contributed by atoms with Crippen molar-refractivity contribution >= 4 is 34.7 Å². The highest BCUT2D eigenvalue weighted by atomic mass is 28.5. The first-order chi connectivity index (χ1) is 7.87. The van der Waals surface area contributed by atoms with Crippen molar-refractivity contribution in [2.75, 3.05) is 6.61 Å². The van der Waals surface area contributed by atoms with Crippen molar-refractivity contribution in [3.63, 3.8) is 0 Å². The zero-order valence-corrected chi connectivity index (χ0v) is 17.3. The van der Waals surface area contributed by atoms with Gasteiger partial charge < -0.3 is 16.8 Å². The van der Waals surface area contributed by atoms with E-state index in [1.54, 1.807) is 0 Å². The Morgan fingerprint density at radius 3 is 1.72 bits per heavy atom. The monoisotopic (exact) mass is 325 g/mol. The van der Waals surface area contributed by atoms with Gasteiger partial charge in [0.2, 0.25) is 0 Å². The largest absolute Gasteiger partial charge is 0.437 e. The second kappa shape index (κ2) is 6.93. The number of hydrogen-bond donors (Lipinski definition) is 0. The predicted octanol–water partition coefficient (Wildman–Crippen LogP) is 3.43. The second-order valence-electron chi connectivity index (χ2n) is 6.14. The van der Waals surface area contributed by atoms with Crippen molar-refractivity contribution in [3.8, 4) is 0 Å². The van der Waals surface area contributed by atoms with Crippen LogP contribution in [0.5, 0.6) is 0 Å². The van der Waals surface area contributed by atoms with Gasteiger partial charge in [-0.25, -0.2) is 0 Å². The Balaban J connectivity index is 4.45. The van der Waals surface area contributed by atoms with Crippen molar-refractivity contribution in [2.45, 2.75) is 59.3 Å². The fraction of sp³-hybridized carbons (Fsp3) is 1.00. The molecule has 18 heavy (non-hydrogen) atoms. The van der Waals surface area contributed by atoms with E-state index in [9.17, 15) is 0 Å². The maximum absolute atomic E-state index is 6.23. The van der Waals surface area contributed by atoms with Crippen molar-refractivity contribution < 1.29 is 16.8 Å². The average molecular weight is 326 g/mol. The maximum Gasteiger partial charge on any atom is 0.371 e. The smallest absolute Gasteiger partial charge is 0.371 e. The lowest BCUT2D eigenvalue weighted by atomic mass is 10.9. The second-order valence-corrected chi connectivity index (χ2v) is 19.7. The Morgan fingerprint density at radius 2 is 1.33 bits per heavy atom.